The smallest absolute Gasteiger partial charge is 0.144 e. The van der Waals surface area contributed by atoms with Crippen molar-refractivity contribution < 1.29 is 9.18 Å². The monoisotopic (exact) mass is 232 g/mol. The SMILES string of the molecule is Cn1ccnc1CC(=O)Cc1cccc(F)c1. The van der Waals surface area contributed by atoms with E-state index in [-0.39, 0.29) is 24.4 Å². The van der Waals surface area contributed by atoms with E-state index in [9.17, 15) is 9.18 Å². The predicted molar refractivity (Wildman–Crippen MR) is 62.0 cm³/mol. The van der Waals surface area contributed by atoms with E-state index >= 15 is 0 Å². The molecule has 17 heavy (non-hydrogen) atoms. The number of aromatic nitrogens is 2. The van der Waals surface area contributed by atoms with Crippen LogP contribution in [-0.4, -0.2) is 15.3 Å². The van der Waals surface area contributed by atoms with Crippen molar-refractivity contribution in [3.63, 3.8) is 0 Å². The standard InChI is InChI=1S/C13H13FN2O/c1-16-6-5-15-13(16)9-12(17)8-10-3-2-4-11(14)7-10/h2-7H,8-9H2,1H3. The first-order valence-electron chi connectivity index (χ1n) is 5.37. The molecule has 3 nitrogen and oxygen atoms in total. The summed E-state index contributed by atoms with van der Waals surface area (Å²) in [4.78, 5) is 15.9. The summed E-state index contributed by atoms with van der Waals surface area (Å²) in [5.41, 5.74) is 0.698. The highest BCUT2D eigenvalue weighted by Gasteiger charge is 2.08. The Bertz CT molecular complexity index is 534. The topological polar surface area (TPSA) is 34.9 Å². The molecule has 88 valence electrons. The van der Waals surface area contributed by atoms with Crippen molar-refractivity contribution >= 4 is 5.78 Å². The molecule has 0 radical (unpaired) electrons. The van der Waals surface area contributed by atoms with Crippen LogP contribution in [-0.2, 0) is 24.7 Å². The second-order valence-electron chi connectivity index (χ2n) is 3.98. The van der Waals surface area contributed by atoms with Gasteiger partial charge in [-0.15, -0.1) is 0 Å². The Morgan fingerprint density at radius 1 is 1.41 bits per heavy atom. The van der Waals surface area contributed by atoms with Gasteiger partial charge in [-0.3, -0.25) is 4.79 Å². The molecule has 0 fully saturated rings. The first kappa shape index (κ1) is 11.5. The number of Topliss-reactive ketones (excluding diaryl/α,β-unsaturated/α-hetero) is 1. The van der Waals surface area contributed by atoms with Crippen LogP contribution in [0.2, 0.25) is 0 Å². The third-order valence-corrected chi connectivity index (χ3v) is 2.57. The number of rotatable bonds is 4. The summed E-state index contributed by atoms with van der Waals surface area (Å²) in [7, 11) is 1.85. The molecular formula is C13H13FN2O. The van der Waals surface area contributed by atoms with Crippen LogP contribution in [0.1, 0.15) is 11.4 Å². The number of carbonyl (C=O) groups excluding carboxylic acids is 1. The molecule has 2 aromatic rings. The van der Waals surface area contributed by atoms with Gasteiger partial charge in [-0.25, -0.2) is 9.37 Å². The Hall–Kier alpha value is -1.97. The van der Waals surface area contributed by atoms with E-state index < -0.39 is 0 Å². The van der Waals surface area contributed by atoms with E-state index in [0.29, 0.717) is 5.56 Å². The maximum absolute atomic E-state index is 12.9. The third kappa shape index (κ3) is 3.00. The minimum Gasteiger partial charge on any atom is -0.338 e. The molecular weight excluding hydrogens is 219 g/mol. The van der Waals surface area contributed by atoms with Crippen molar-refractivity contribution in [2.24, 2.45) is 7.05 Å². The van der Waals surface area contributed by atoms with Crippen molar-refractivity contribution in [1.29, 1.82) is 0 Å². The van der Waals surface area contributed by atoms with Gasteiger partial charge in [-0.2, -0.15) is 0 Å². The van der Waals surface area contributed by atoms with E-state index in [1.54, 1.807) is 24.5 Å². The van der Waals surface area contributed by atoms with Crippen molar-refractivity contribution in [1.82, 2.24) is 9.55 Å². The number of carbonyl (C=O) groups is 1. The van der Waals surface area contributed by atoms with Gasteiger partial charge in [0.15, 0.2) is 0 Å². The molecule has 0 unspecified atom stereocenters. The van der Waals surface area contributed by atoms with Crippen LogP contribution < -0.4 is 0 Å². The van der Waals surface area contributed by atoms with Crippen LogP contribution in [0.5, 0.6) is 0 Å². The number of nitrogens with zero attached hydrogens (tertiary/aromatic N) is 2. The molecule has 1 heterocycles. The van der Waals surface area contributed by atoms with Gasteiger partial charge in [-0.1, -0.05) is 12.1 Å². The highest BCUT2D eigenvalue weighted by Crippen LogP contribution is 2.06. The highest BCUT2D eigenvalue weighted by atomic mass is 19.1. The average molecular weight is 232 g/mol. The summed E-state index contributed by atoms with van der Waals surface area (Å²) in [6.45, 7) is 0. The van der Waals surface area contributed by atoms with Crippen LogP contribution in [0.15, 0.2) is 36.7 Å². The van der Waals surface area contributed by atoms with E-state index in [2.05, 4.69) is 4.98 Å². The predicted octanol–water partition coefficient (Wildman–Crippen LogP) is 1.91. The zero-order valence-corrected chi connectivity index (χ0v) is 9.56. The molecule has 0 saturated heterocycles. The number of hydrogen-bond donors (Lipinski definition) is 0. The van der Waals surface area contributed by atoms with Crippen molar-refractivity contribution in [2.75, 3.05) is 0 Å². The molecule has 0 bridgehead atoms. The molecule has 4 heteroatoms. The molecule has 0 spiro atoms. The summed E-state index contributed by atoms with van der Waals surface area (Å²) in [6.07, 6.45) is 3.97. The Labute approximate surface area is 98.9 Å². The van der Waals surface area contributed by atoms with Gasteiger partial charge in [0.1, 0.15) is 17.4 Å². The van der Waals surface area contributed by atoms with Gasteiger partial charge in [-0.05, 0) is 17.7 Å². The van der Waals surface area contributed by atoms with Crippen LogP contribution in [0, 0.1) is 5.82 Å². The van der Waals surface area contributed by atoms with E-state index in [1.807, 2.05) is 11.6 Å². The largest absolute Gasteiger partial charge is 0.338 e. The Balaban J connectivity index is 2.01. The first-order valence-corrected chi connectivity index (χ1v) is 5.37. The number of halogens is 1. The van der Waals surface area contributed by atoms with Crippen LogP contribution in [0.4, 0.5) is 4.39 Å². The van der Waals surface area contributed by atoms with Gasteiger partial charge in [0, 0.05) is 25.9 Å². The molecule has 0 saturated carbocycles. The highest BCUT2D eigenvalue weighted by molar-refractivity contribution is 5.82. The number of imidazole rings is 1. The minimum atomic E-state index is -0.313. The number of benzene rings is 1. The zero-order chi connectivity index (χ0) is 12.3. The summed E-state index contributed by atoms with van der Waals surface area (Å²) in [6, 6.07) is 6.11. The second-order valence-corrected chi connectivity index (χ2v) is 3.98. The summed E-state index contributed by atoms with van der Waals surface area (Å²) >= 11 is 0. The Morgan fingerprint density at radius 2 is 2.24 bits per heavy atom. The summed E-state index contributed by atoms with van der Waals surface area (Å²) < 4.78 is 14.7. The van der Waals surface area contributed by atoms with E-state index in [4.69, 9.17) is 0 Å². The lowest BCUT2D eigenvalue weighted by Crippen LogP contribution is -2.10. The van der Waals surface area contributed by atoms with E-state index in [1.165, 1.54) is 12.1 Å². The lowest BCUT2D eigenvalue weighted by Gasteiger charge is -2.02. The van der Waals surface area contributed by atoms with Crippen LogP contribution in [0.3, 0.4) is 0 Å². The van der Waals surface area contributed by atoms with Crippen molar-refractivity contribution in [3.05, 3.63) is 53.9 Å². The Morgan fingerprint density at radius 3 is 2.88 bits per heavy atom. The number of aryl methyl sites for hydroxylation is 1. The number of ketones is 1. The average Bonchev–Trinajstić information content (AvgIpc) is 2.64. The lowest BCUT2D eigenvalue weighted by molar-refractivity contribution is -0.117. The summed E-state index contributed by atoms with van der Waals surface area (Å²) in [5, 5.41) is 0. The third-order valence-electron chi connectivity index (χ3n) is 2.57. The van der Waals surface area contributed by atoms with Crippen molar-refractivity contribution in [2.45, 2.75) is 12.8 Å². The molecule has 0 aliphatic carbocycles. The Kier molecular flexibility index (Phi) is 3.32. The second kappa shape index (κ2) is 4.91. The normalized spacial score (nSPS) is 10.5. The molecule has 2 rings (SSSR count). The zero-order valence-electron chi connectivity index (χ0n) is 9.56. The quantitative estimate of drug-likeness (QED) is 0.807. The van der Waals surface area contributed by atoms with Gasteiger partial charge in [0.25, 0.3) is 0 Å². The van der Waals surface area contributed by atoms with Gasteiger partial charge in [0.2, 0.25) is 0 Å². The van der Waals surface area contributed by atoms with Gasteiger partial charge < -0.3 is 4.57 Å². The van der Waals surface area contributed by atoms with Crippen LogP contribution in [0.25, 0.3) is 0 Å². The first-order chi connectivity index (χ1) is 8.15. The van der Waals surface area contributed by atoms with Gasteiger partial charge >= 0.3 is 0 Å². The maximum Gasteiger partial charge on any atom is 0.144 e. The molecule has 0 aliphatic heterocycles. The summed E-state index contributed by atoms with van der Waals surface area (Å²) in [5.74, 6) is 0.448. The molecule has 0 aliphatic rings. The minimum absolute atomic E-state index is 0.0323. The molecule has 1 aromatic heterocycles. The fourth-order valence-electron chi connectivity index (χ4n) is 1.68. The maximum atomic E-state index is 12.9. The molecule has 0 amide bonds. The fourth-order valence-corrected chi connectivity index (χ4v) is 1.68. The molecule has 1 aromatic carbocycles. The fraction of sp³-hybridized carbons (Fsp3) is 0.231. The van der Waals surface area contributed by atoms with E-state index in [0.717, 1.165) is 5.82 Å². The molecule has 0 N–H and O–H groups in total. The van der Waals surface area contributed by atoms with Gasteiger partial charge in [0.05, 0.1) is 6.42 Å². The van der Waals surface area contributed by atoms with Crippen molar-refractivity contribution in [3.8, 4) is 0 Å². The lowest BCUT2D eigenvalue weighted by atomic mass is 10.1. The molecule has 0 atom stereocenters. The van der Waals surface area contributed by atoms with Crippen LogP contribution >= 0.6 is 0 Å². The number of hydrogen-bond acceptors (Lipinski definition) is 2.